The number of hydrogen-bond donors (Lipinski definition) is 2. The van der Waals surface area contributed by atoms with Gasteiger partial charge in [-0.15, -0.1) is 0 Å². The Bertz CT molecular complexity index is 304. The quantitative estimate of drug-likeness (QED) is 0.889. The van der Waals surface area contributed by atoms with Gasteiger partial charge in [-0.2, -0.15) is 0 Å². The van der Waals surface area contributed by atoms with Gasteiger partial charge in [0.05, 0.1) is 5.02 Å². The highest BCUT2D eigenvalue weighted by Crippen LogP contribution is 2.26. The van der Waals surface area contributed by atoms with Crippen LogP contribution in [0, 0.1) is 0 Å². The highest BCUT2D eigenvalue weighted by Gasteiger charge is 2.06. The molecule has 4 N–H and O–H groups in total. The summed E-state index contributed by atoms with van der Waals surface area (Å²) in [5, 5.41) is 0.708. The predicted molar refractivity (Wildman–Crippen MR) is 64.4 cm³/mol. The van der Waals surface area contributed by atoms with Crippen LogP contribution in [-0.4, -0.2) is 6.54 Å². The summed E-state index contributed by atoms with van der Waals surface area (Å²) in [7, 11) is 0. The highest BCUT2D eigenvalue weighted by atomic mass is 79.9. The fourth-order valence-electron chi connectivity index (χ4n) is 1.25. The average Bonchev–Trinajstić information content (AvgIpc) is 2.18. The van der Waals surface area contributed by atoms with E-state index in [0.29, 0.717) is 11.6 Å². The van der Waals surface area contributed by atoms with Crippen LogP contribution in [0.25, 0.3) is 0 Å². The Balaban J connectivity index is 2.70. The summed E-state index contributed by atoms with van der Waals surface area (Å²) in [6.07, 6.45) is 1.85. The van der Waals surface area contributed by atoms with E-state index in [4.69, 9.17) is 23.1 Å². The van der Waals surface area contributed by atoms with Crippen molar-refractivity contribution < 1.29 is 0 Å². The molecule has 0 heterocycles. The van der Waals surface area contributed by atoms with Crippen molar-refractivity contribution in [1.82, 2.24) is 0 Å². The normalized spacial score (nSPS) is 12.9. The molecule has 2 nitrogen and oxygen atoms in total. The van der Waals surface area contributed by atoms with Crippen LogP contribution in [0.4, 0.5) is 0 Å². The molecule has 1 atom stereocenters. The standard InChI is InChI=1S/C10H14BrClN2/c11-8-6-7(3-4-9(8)12)10(14)2-1-5-13/h3-4,6,10H,1-2,5,13-14H2/t10-/m0/s1. The second-order valence-electron chi connectivity index (χ2n) is 3.21. The Morgan fingerprint density at radius 3 is 2.71 bits per heavy atom. The Morgan fingerprint density at radius 1 is 1.43 bits per heavy atom. The molecule has 1 rings (SSSR count). The van der Waals surface area contributed by atoms with Crippen molar-refractivity contribution in [2.24, 2.45) is 11.5 Å². The van der Waals surface area contributed by atoms with E-state index in [0.717, 1.165) is 22.9 Å². The van der Waals surface area contributed by atoms with Crippen LogP contribution in [0.3, 0.4) is 0 Å². The summed E-state index contributed by atoms with van der Waals surface area (Å²) in [4.78, 5) is 0. The molecule has 4 heteroatoms. The molecule has 0 saturated heterocycles. The number of nitrogens with two attached hydrogens (primary N) is 2. The van der Waals surface area contributed by atoms with Crippen molar-refractivity contribution in [2.45, 2.75) is 18.9 Å². The van der Waals surface area contributed by atoms with Gasteiger partial charge in [-0.25, -0.2) is 0 Å². The van der Waals surface area contributed by atoms with Crippen LogP contribution in [0.15, 0.2) is 22.7 Å². The molecule has 0 spiro atoms. The van der Waals surface area contributed by atoms with Crippen LogP contribution in [-0.2, 0) is 0 Å². The third-order valence-electron chi connectivity index (χ3n) is 2.09. The second-order valence-corrected chi connectivity index (χ2v) is 4.47. The van der Waals surface area contributed by atoms with Gasteiger partial charge in [-0.3, -0.25) is 0 Å². The van der Waals surface area contributed by atoms with E-state index in [2.05, 4.69) is 15.9 Å². The van der Waals surface area contributed by atoms with E-state index in [1.807, 2.05) is 18.2 Å². The number of halogens is 2. The molecule has 0 aromatic heterocycles. The maximum Gasteiger partial charge on any atom is 0.0548 e. The summed E-state index contributed by atoms with van der Waals surface area (Å²) in [6, 6.07) is 5.81. The van der Waals surface area contributed by atoms with Crippen LogP contribution < -0.4 is 11.5 Å². The molecule has 14 heavy (non-hydrogen) atoms. The Hall–Kier alpha value is -0.0900. The third-order valence-corrected chi connectivity index (χ3v) is 3.31. The van der Waals surface area contributed by atoms with Gasteiger partial charge in [-0.1, -0.05) is 17.7 Å². The lowest BCUT2D eigenvalue weighted by Crippen LogP contribution is -2.12. The molecule has 0 bridgehead atoms. The molecule has 0 amide bonds. The third kappa shape index (κ3) is 3.24. The molecule has 0 radical (unpaired) electrons. The molecular weight excluding hydrogens is 263 g/mol. The van der Waals surface area contributed by atoms with E-state index >= 15 is 0 Å². The number of benzene rings is 1. The molecule has 0 aliphatic rings. The molecule has 1 aromatic rings. The van der Waals surface area contributed by atoms with Gasteiger partial charge in [0.15, 0.2) is 0 Å². The van der Waals surface area contributed by atoms with Crippen LogP contribution >= 0.6 is 27.5 Å². The largest absolute Gasteiger partial charge is 0.330 e. The summed E-state index contributed by atoms with van der Waals surface area (Å²) in [5.74, 6) is 0. The summed E-state index contributed by atoms with van der Waals surface area (Å²) >= 11 is 9.25. The molecule has 1 aromatic carbocycles. The van der Waals surface area contributed by atoms with E-state index in [1.54, 1.807) is 0 Å². The van der Waals surface area contributed by atoms with Gasteiger partial charge < -0.3 is 11.5 Å². The zero-order chi connectivity index (χ0) is 10.6. The Labute approximate surface area is 97.7 Å². The maximum atomic E-state index is 5.98. The van der Waals surface area contributed by atoms with E-state index in [1.165, 1.54) is 0 Å². The van der Waals surface area contributed by atoms with Crippen molar-refractivity contribution in [1.29, 1.82) is 0 Å². The first-order valence-electron chi connectivity index (χ1n) is 4.55. The van der Waals surface area contributed by atoms with Gasteiger partial charge in [0.25, 0.3) is 0 Å². The number of rotatable bonds is 4. The second kappa shape index (κ2) is 5.71. The number of hydrogen-bond acceptors (Lipinski definition) is 2. The van der Waals surface area contributed by atoms with Gasteiger partial charge >= 0.3 is 0 Å². The van der Waals surface area contributed by atoms with Gasteiger partial charge in [0.2, 0.25) is 0 Å². The van der Waals surface area contributed by atoms with Gasteiger partial charge in [-0.05, 0) is 53.0 Å². The SMILES string of the molecule is NCCC[C@H](N)c1ccc(Cl)c(Br)c1. The minimum Gasteiger partial charge on any atom is -0.330 e. The Kier molecular flexibility index (Phi) is 4.89. The van der Waals surface area contributed by atoms with E-state index in [9.17, 15) is 0 Å². The van der Waals surface area contributed by atoms with Crippen LogP contribution in [0.2, 0.25) is 5.02 Å². The van der Waals surface area contributed by atoms with Crippen molar-refractivity contribution in [3.63, 3.8) is 0 Å². The van der Waals surface area contributed by atoms with Crippen molar-refractivity contribution in [2.75, 3.05) is 6.54 Å². The lowest BCUT2D eigenvalue weighted by atomic mass is 10.0. The summed E-state index contributed by atoms with van der Waals surface area (Å²) in [5.41, 5.74) is 12.5. The first-order chi connectivity index (χ1) is 6.65. The topological polar surface area (TPSA) is 52.0 Å². The Morgan fingerprint density at radius 2 is 2.14 bits per heavy atom. The molecule has 0 saturated carbocycles. The monoisotopic (exact) mass is 276 g/mol. The highest BCUT2D eigenvalue weighted by molar-refractivity contribution is 9.10. The van der Waals surface area contributed by atoms with Crippen LogP contribution in [0.1, 0.15) is 24.4 Å². The fourth-order valence-corrected chi connectivity index (χ4v) is 1.76. The van der Waals surface area contributed by atoms with Gasteiger partial charge in [0, 0.05) is 10.5 Å². The predicted octanol–water partition coefficient (Wildman–Crippen LogP) is 2.84. The minimum atomic E-state index is 0.0483. The average molecular weight is 278 g/mol. The first-order valence-corrected chi connectivity index (χ1v) is 5.73. The lowest BCUT2D eigenvalue weighted by Gasteiger charge is -2.11. The zero-order valence-electron chi connectivity index (χ0n) is 7.84. The van der Waals surface area contributed by atoms with Crippen molar-refractivity contribution in [3.8, 4) is 0 Å². The summed E-state index contributed by atoms with van der Waals surface area (Å²) in [6.45, 7) is 0.683. The maximum absolute atomic E-state index is 5.98. The zero-order valence-corrected chi connectivity index (χ0v) is 10.2. The molecule has 0 aliphatic carbocycles. The minimum absolute atomic E-state index is 0.0483. The van der Waals surface area contributed by atoms with E-state index in [-0.39, 0.29) is 6.04 Å². The van der Waals surface area contributed by atoms with E-state index < -0.39 is 0 Å². The first kappa shape index (κ1) is 12.0. The lowest BCUT2D eigenvalue weighted by molar-refractivity contribution is 0.618. The molecule has 0 fully saturated rings. The van der Waals surface area contributed by atoms with Crippen molar-refractivity contribution >= 4 is 27.5 Å². The molecule has 0 unspecified atom stereocenters. The molecule has 78 valence electrons. The van der Waals surface area contributed by atoms with Gasteiger partial charge in [0.1, 0.15) is 0 Å². The smallest absolute Gasteiger partial charge is 0.0548 e. The molecular formula is C10H14BrClN2. The van der Waals surface area contributed by atoms with Crippen LogP contribution in [0.5, 0.6) is 0 Å². The summed E-state index contributed by atoms with van der Waals surface area (Å²) < 4.78 is 0.889. The fraction of sp³-hybridized carbons (Fsp3) is 0.400. The van der Waals surface area contributed by atoms with Crippen molar-refractivity contribution in [3.05, 3.63) is 33.3 Å². The molecule has 0 aliphatic heterocycles.